The molecule has 1 aliphatic heterocycles. The summed E-state index contributed by atoms with van der Waals surface area (Å²) in [7, 11) is 1.74. The number of rotatable bonds is 4. The second-order valence-electron chi connectivity index (χ2n) is 6.19. The van der Waals surface area contributed by atoms with E-state index in [9.17, 15) is 4.79 Å². The maximum absolute atomic E-state index is 11.9. The summed E-state index contributed by atoms with van der Waals surface area (Å²) in [4.78, 5) is 27.0. The largest absolute Gasteiger partial charge is 0.482 e. The van der Waals surface area contributed by atoms with Gasteiger partial charge in [0.25, 0.3) is 5.91 Å². The van der Waals surface area contributed by atoms with Gasteiger partial charge < -0.3 is 15.0 Å². The molecule has 1 aromatic carbocycles. The number of hydrogen-bond donors (Lipinski definition) is 1. The van der Waals surface area contributed by atoms with E-state index in [1.807, 2.05) is 49.4 Å². The SMILES string of the molecule is CCc1cc(Nc2ccc3c(c2)N(C)C(=O)CO3)nc(-c2ccccn2)n1. The Hall–Kier alpha value is -3.48. The number of hydrogen-bond acceptors (Lipinski definition) is 6. The molecule has 1 N–H and O–H groups in total. The van der Waals surface area contributed by atoms with Gasteiger partial charge in [-0.1, -0.05) is 13.0 Å². The van der Waals surface area contributed by atoms with Crippen molar-refractivity contribution in [2.75, 3.05) is 23.9 Å². The predicted octanol–water partition coefficient (Wildman–Crippen LogP) is 3.20. The maximum Gasteiger partial charge on any atom is 0.264 e. The Morgan fingerprint density at radius 3 is 2.85 bits per heavy atom. The molecule has 0 radical (unpaired) electrons. The lowest BCUT2D eigenvalue weighted by molar-refractivity contribution is -0.120. The first-order chi connectivity index (χ1) is 13.1. The second kappa shape index (κ2) is 7.03. The summed E-state index contributed by atoms with van der Waals surface area (Å²) in [5.74, 6) is 1.86. The Morgan fingerprint density at radius 1 is 1.19 bits per heavy atom. The molecule has 27 heavy (non-hydrogen) atoms. The number of anilines is 3. The van der Waals surface area contributed by atoms with Crippen LogP contribution in [0.4, 0.5) is 17.2 Å². The standard InChI is InChI=1S/C20H19N5O2/c1-3-13-11-18(24-20(23-13)15-6-4-5-9-21-15)22-14-7-8-17-16(10-14)25(2)19(26)12-27-17/h4-11H,3,12H2,1-2H3,(H,22,23,24). The van der Waals surface area contributed by atoms with E-state index in [2.05, 4.69) is 20.3 Å². The molecule has 3 heterocycles. The maximum atomic E-state index is 11.9. The Kier molecular flexibility index (Phi) is 4.42. The Balaban J connectivity index is 1.68. The van der Waals surface area contributed by atoms with Gasteiger partial charge in [-0.05, 0) is 36.8 Å². The number of fused-ring (bicyclic) bond motifs is 1. The Morgan fingerprint density at radius 2 is 2.07 bits per heavy atom. The van der Waals surface area contributed by atoms with Crippen LogP contribution in [-0.2, 0) is 11.2 Å². The van der Waals surface area contributed by atoms with Gasteiger partial charge in [-0.25, -0.2) is 9.97 Å². The van der Waals surface area contributed by atoms with Crippen LogP contribution >= 0.6 is 0 Å². The van der Waals surface area contributed by atoms with Crippen LogP contribution in [0.3, 0.4) is 0 Å². The summed E-state index contributed by atoms with van der Waals surface area (Å²) in [5, 5.41) is 3.30. The minimum atomic E-state index is -0.0765. The highest BCUT2D eigenvalue weighted by Gasteiger charge is 2.22. The van der Waals surface area contributed by atoms with E-state index in [1.54, 1.807) is 18.1 Å². The zero-order valence-corrected chi connectivity index (χ0v) is 15.1. The molecule has 3 aromatic rings. The smallest absolute Gasteiger partial charge is 0.264 e. The molecule has 7 nitrogen and oxygen atoms in total. The number of carbonyl (C=O) groups excluding carboxylic acids is 1. The zero-order chi connectivity index (χ0) is 18.8. The highest BCUT2D eigenvalue weighted by atomic mass is 16.5. The molecule has 0 spiro atoms. The van der Waals surface area contributed by atoms with E-state index in [0.717, 1.165) is 29.2 Å². The highest BCUT2D eigenvalue weighted by molar-refractivity contribution is 5.98. The monoisotopic (exact) mass is 361 g/mol. The quantitative estimate of drug-likeness (QED) is 0.769. The Labute approximate surface area is 157 Å². The van der Waals surface area contributed by atoms with Gasteiger partial charge in [0.1, 0.15) is 17.3 Å². The first-order valence-corrected chi connectivity index (χ1v) is 8.74. The molecule has 0 unspecified atom stereocenters. The third-order valence-electron chi connectivity index (χ3n) is 4.35. The molecule has 4 rings (SSSR count). The summed E-state index contributed by atoms with van der Waals surface area (Å²) >= 11 is 0. The first-order valence-electron chi connectivity index (χ1n) is 8.74. The van der Waals surface area contributed by atoms with E-state index in [1.165, 1.54) is 0 Å². The number of aryl methyl sites for hydroxylation is 1. The van der Waals surface area contributed by atoms with Crippen LogP contribution in [0.25, 0.3) is 11.5 Å². The first kappa shape index (κ1) is 17.0. The van der Waals surface area contributed by atoms with Crippen molar-refractivity contribution in [1.29, 1.82) is 0 Å². The highest BCUT2D eigenvalue weighted by Crippen LogP contribution is 2.34. The minimum absolute atomic E-state index is 0.0650. The number of amides is 1. The number of likely N-dealkylation sites (N-methyl/N-ethyl adjacent to an activating group) is 1. The predicted molar refractivity (Wildman–Crippen MR) is 103 cm³/mol. The number of carbonyl (C=O) groups is 1. The van der Waals surface area contributed by atoms with E-state index < -0.39 is 0 Å². The van der Waals surface area contributed by atoms with Gasteiger partial charge in [0.05, 0.1) is 5.69 Å². The molecule has 7 heteroatoms. The van der Waals surface area contributed by atoms with Gasteiger partial charge in [-0.15, -0.1) is 0 Å². The van der Waals surface area contributed by atoms with Crippen LogP contribution in [0.5, 0.6) is 5.75 Å². The number of ether oxygens (including phenoxy) is 1. The molecule has 0 fully saturated rings. The van der Waals surface area contributed by atoms with E-state index in [0.29, 0.717) is 17.4 Å². The normalized spacial score (nSPS) is 13.1. The van der Waals surface area contributed by atoms with Gasteiger partial charge in [0, 0.05) is 30.7 Å². The van der Waals surface area contributed by atoms with Crippen LogP contribution in [-0.4, -0.2) is 34.5 Å². The fraction of sp³-hybridized carbons (Fsp3) is 0.200. The van der Waals surface area contributed by atoms with Gasteiger partial charge in [-0.2, -0.15) is 0 Å². The van der Waals surface area contributed by atoms with Gasteiger partial charge in [0.15, 0.2) is 12.4 Å². The van der Waals surface area contributed by atoms with Crippen molar-refractivity contribution in [2.24, 2.45) is 0 Å². The number of pyridine rings is 1. The second-order valence-corrected chi connectivity index (χ2v) is 6.19. The average molecular weight is 361 g/mol. The van der Waals surface area contributed by atoms with E-state index in [4.69, 9.17) is 4.74 Å². The van der Waals surface area contributed by atoms with Gasteiger partial charge in [0.2, 0.25) is 0 Å². The van der Waals surface area contributed by atoms with Crippen LogP contribution in [0.2, 0.25) is 0 Å². The fourth-order valence-corrected chi connectivity index (χ4v) is 2.85. The summed E-state index contributed by atoms with van der Waals surface area (Å²) in [6.07, 6.45) is 2.51. The summed E-state index contributed by atoms with van der Waals surface area (Å²) in [5.41, 5.74) is 3.18. The molecule has 136 valence electrons. The molecule has 2 aromatic heterocycles. The number of benzene rings is 1. The topological polar surface area (TPSA) is 80.2 Å². The minimum Gasteiger partial charge on any atom is -0.482 e. The van der Waals surface area contributed by atoms with Crippen molar-refractivity contribution in [3.05, 3.63) is 54.4 Å². The van der Waals surface area contributed by atoms with Crippen LogP contribution < -0.4 is 15.0 Å². The Bertz CT molecular complexity index is 991. The summed E-state index contributed by atoms with van der Waals surface area (Å²) in [6.45, 7) is 2.11. The van der Waals surface area contributed by atoms with E-state index in [-0.39, 0.29) is 12.5 Å². The van der Waals surface area contributed by atoms with Crippen molar-refractivity contribution < 1.29 is 9.53 Å². The lowest BCUT2D eigenvalue weighted by Crippen LogP contribution is -2.35. The summed E-state index contributed by atoms with van der Waals surface area (Å²) < 4.78 is 5.47. The molecule has 0 saturated carbocycles. The lowest BCUT2D eigenvalue weighted by Gasteiger charge is -2.26. The van der Waals surface area contributed by atoms with Gasteiger partial charge in [-0.3, -0.25) is 9.78 Å². The van der Waals surface area contributed by atoms with Crippen molar-refractivity contribution in [1.82, 2.24) is 15.0 Å². The molecule has 1 aliphatic rings. The van der Waals surface area contributed by atoms with Crippen molar-refractivity contribution in [3.8, 4) is 17.3 Å². The summed E-state index contributed by atoms with van der Waals surface area (Å²) in [6, 6.07) is 13.2. The molecule has 0 atom stereocenters. The zero-order valence-electron chi connectivity index (χ0n) is 15.1. The van der Waals surface area contributed by atoms with Gasteiger partial charge >= 0.3 is 0 Å². The number of nitrogens with one attached hydrogen (secondary N) is 1. The lowest BCUT2D eigenvalue weighted by atomic mass is 10.2. The third-order valence-corrected chi connectivity index (χ3v) is 4.35. The molecular formula is C20H19N5O2. The number of nitrogens with zero attached hydrogens (tertiary/aromatic N) is 4. The third kappa shape index (κ3) is 3.44. The fourth-order valence-electron chi connectivity index (χ4n) is 2.85. The van der Waals surface area contributed by atoms with Crippen LogP contribution in [0.15, 0.2) is 48.7 Å². The molecule has 1 amide bonds. The van der Waals surface area contributed by atoms with Crippen molar-refractivity contribution in [2.45, 2.75) is 13.3 Å². The molecule has 0 bridgehead atoms. The van der Waals surface area contributed by atoms with Crippen molar-refractivity contribution in [3.63, 3.8) is 0 Å². The molecule has 0 saturated heterocycles. The number of aromatic nitrogens is 3. The van der Waals surface area contributed by atoms with Crippen LogP contribution in [0.1, 0.15) is 12.6 Å². The van der Waals surface area contributed by atoms with Crippen molar-refractivity contribution >= 4 is 23.1 Å². The van der Waals surface area contributed by atoms with Crippen LogP contribution in [0, 0.1) is 0 Å². The molecule has 0 aliphatic carbocycles. The average Bonchev–Trinajstić information content (AvgIpc) is 2.71. The molecular weight excluding hydrogens is 342 g/mol. The van der Waals surface area contributed by atoms with E-state index >= 15 is 0 Å².